The summed E-state index contributed by atoms with van der Waals surface area (Å²) in [6.45, 7) is 4.75. The molecule has 0 bridgehead atoms. The third kappa shape index (κ3) is 2.95. The van der Waals surface area contributed by atoms with E-state index in [1.54, 1.807) is 0 Å². The Morgan fingerprint density at radius 1 is 1.33 bits per heavy atom. The lowest BCUT2D eigenvalue weighted by atomic mass is 9.94. The Morgan fingerprint density at radius 2 is 2.06 bits per heavy atom. The second kappa shape index (κ2) is 6.30. The molecule has 1 saturated heterocycles. The van der Waals surface area contributed by atoms with E-state index in [9.17, 15) is 0 Å². The highest BCUT2D eigenvalue weighted by molar-refractivity contribution is 5.58. The van der Waals surface area contributed by atoms with Crippen molar-refractivity contribution in [1.29, 1.82) is 5.26 Å². The largest absolute Gasteiger partial charge is 0.492 e. The summed E-state index contributed by atoms with van der Waals surface area (Å²) in [7, 11) is 0. The number of rotatable bonds is 4. The molecular formula is C15H20N2O. The summed E-state index contributed by atoms with van der Waals surface area (Å²) in [6, 6.07) is 10.5. The quantitative estimate of drug-likeness (QED) is 0.816. The van der Waals surface area contributed by atoms with Gasteiger partial charge in [-0.05, 0) is 37.8 Å². The van der Waals surface area contributed by atoms with Crippen molar-refractivity contribution in [2.75, 3.05) is 24.6 Å². The first-order valence-corrected chi connectivity index (χ1v) is 6.69. The zero-order valence-corrected chi connectivity index (χ0v) is 10.9. The van der Waals surface area contributed by atoms with E-state index in [-0.39, 0.29) is 0 Å². The normalized spacial score (nSPS) is 16.3. The SMILES string of the molecule is CCOc1ccccc1N1CCC(CC#N)CC1. The average molecular weight is 244 g/mol. The van der Waals surface area contributed by atoms with Crippen LogP contribution in [0.25, 0.3) is 0 Å². The van der Waals surface area contributed by atoms with Gasteiger partial charge in [-0.1, -0.05) is 12.1 Å². The van der Waals surface area contributed by atoms with Crippen LogP contribution in [0.2, 0.25) is 0 Å². The van der Waals surface area contributed by atoms with E-state index in [1.165, 1.54) is 5.69 Å². The van der Waals surface area contributed by atoms with Gasteiger partial charge in [0.1, 0.15) is 5.75 Å². The van der Waals surface area contributed by atoms with Crippen LogP contribution in [-0.2, 0) is 0 Å². The molecule has 2 rings (SSSR count). The Morgan fingerprint density at radius 3 is 2.72 bits per heavy atom. The van der Waals surface area contributed by atoms with E-state index < -0.39 is 0 Å². The fraction of sp³-hybridized carbons (Fsp3) is 0.533. The smallest absolute Gasteiger partial charge is 0.142 e. The predicted octanol–water partition coefficient (Wildman–Crippen LogP) is 3.22. The van der Waals surface area contributed by atoms with Gasteiger partial charge in [0.15, 0.2) is 0 Å². The lowest BCUT2D eigenvalue weighted by Crippen LogP contribution is -2.33. The number of benzene rings is 1. The fourth-order valence-electron chi connectivity index (χ4n) is 2.50. The molecule has 96 valence electrons. The van der Waals surface area contributed by atoms with Crippen molar-refractivity contribution in [3.63, 3.8) is 0 Å². The van der Waals surface area contributed by atoms with Gasteiger partial charge in [0.2, 0.25) is 0 Å². The summed E-state index contributed by atoms with van der Waals surface area (Å²) < 4.78 is 5.67. The van der Waals surface area contributed by atoms with E-state index in [2.05, 4.69) is 23.1 Å². The molecule has 0 radical (unpaired) electrons. The highest BCUT2D eigenvalue weighted by Gasteiger charge is 2.20. The van der Waals surface area contributed by atoms with Crippen LogP contribution >= 0.6 is 0 Å². The lowest BCUT2D eigenvalue weighted by Gasteiger charge is -2.33. The molecule has 1 aliphatic rings. The molecule has 1 aromatic carbocycles. The molecule has 0 unspecified atom stereocenters. The number of ether oxygens (including phenoxy) is 1. The first-order chi connectivity index (χ1) is 8.85. The topological polar surface area (TPSA) is 36.3 Å². The van der Waals surface area contributed by atoms with Crippen LogP contribution in [0.1, 0.15) is 26.2 Å². The minimum absolute atomic E-state index is 0.575. The van der Waals surface area contributed by atoms with Crippen LogP contribution in [0, 0.1) is 17.2 Å². The molecule has 3 nitrogen and oxygen atoms in total. The van der Waals surface area contributed by atoms with Crippen molar-refractivity contribution >= 4 is 5.69 Å². The first-order valence-electron chi connectivity index (χ1n) is 6.69. The number of hydrogen-bond acceptors (Lipinski definition) is 3. The van der Waals surface area contributed by atoms with Crippen molar-refractivity contribution in [1.82, 2.24) is 0 Å². The Kier molecular flexibility index (Phi) is 4.46. The molecule has 3 heteroatoms. The summed E-state index contributed by atoms with van der Waals surface area (Å²) in [6.07, 6.45) is 2.91. The molecular weight excluding hydrogens is 224 g/mol. The van der Waals surface area contributed by atoms with Gasteiger partial charge >= 0.3 is 0 Å². The molecule has 0 aliphatic carbocycles. The average Bonchev–Trinajstić information content (AvgIpc) is 2.41. The minimum Gasteiger partial charge on any atom is -0.492 e. The molecule has 0 aromatic heterocycles. The number of para-hydroxylation sites is 2. The van der Waals surface area contributed by atoms with Crippen molar-refractivity contribution in [3.05, 3.63) is 24.3 Å². The molecule has 0 spiro atoms. The summed E-state index contributed by atoms with van der Waals surface area (Å²) >= 11 is 0. The third-order valence-corrected chi connectivity index (χ3v) is 3.50. The van der Waals surface area contributed by atoms with Gasteiger partial charge in [-0.2, -0.15) is 5.26 Å². The first kappa shape index (κ1) is 12.8. The highest BCUT2D eigenvalue weighted by Crippen LogP contribution is 2.32. The van der Waals surface area contributed by atoms with E-state index >= 15 is 0 Å². The van der Waals surface area contributed by atoms with Crippen LogP contribution in [-0.4, -0.2) is 19.7 Å². The number of nitrogens with zero attached hydrogens (tertiary/aromatic N) is 2. The number of piperidine rings is 1. The van der Waals surface area contributed by atoms with Gasteiger partial charge in [0.05, 0.1) is 18.4 Å². The predicted molar refractivity (Wildman–Crippen MR) is 72.8 cm³/mol. The lowest BCUT2D eigenvalue weighted by molar-refractivity contribution is 0.337. The van der Waals surface area contributed by atoms with Gasteiger partial charge in [0, 0.05) is 19.5 Å². The van der Waals surface area contributed by atoms with Crippen molar-refractivity contribution in [2.24, 2.45) is 5.92 Å². The van der Waals surface area contributed by atoms with Gasteiger partial charge in [0.25, 0.3) is 0 Å². The number of hydrogen-bond donors (Lipinski definition) is 0. The van der Waals surface area contributed by atoms with Crippen LogP contribution in [0.15, 0.2) is 24.3 Å². The Bertz CT molecular complexity index is 417. The zero-order valence-electron chi connectivity index (χ0n) is 10.9. The minimum atomic E-state index is 0.575. The number of nitriles is 1. The van der Waals surface area contributed by atoms with E-state index in [0.717, 1.165) is 31.7 Å². The second-order valence-electron chi connectivity index (χ2n) is 4.69. The van der Waals surface area contributed by atoms with Crippen molar-refractivity contribution in [3.8, 4) is 11.8 Å². The summed E-state index contributed by atoms with van der Waals surface area (Å²) in [5.74, 6) is 1.55. The van der Waals surface area contributed by atoms with Gasteiger partial charge in [-0.15, -0.1) is 0 Å². The summed E-state index contributed by atoms with van der Waals surface area (Å²) in [5, 5.41) is 8.73. The van der Waals surface area contributed by atoms with Gasteiger partial charge < -0.3 is 9.64 Å². The van der Waals surface area contributed by atoms with Crippen molar-refractivity contribution < 1.29 is 4.74 Å². The van der Waals surface area contributed by atoms with Crippen LogP contribution < -0.4 is 9.64 Å². The molecule has 0 atom stereocenters. The Labute approximate surface area is 109 Å². The fourth-order valence-corrected chi connectivity index (χ4v) is 2.50. The summed E-state index contributed by atoms with van der Waals surface area (Å²) in [5.41, 5.74) is 1.19. The van der Waals surface area contributed by atoms with Gasteiger partial charge in [-0.25, -0.2) is 0 Å². The molecule has 0 saturated carbocycles. The number of anilines is 1. The van der Waals surface area contributed by atoms with E-state index in [1.807, 2.05) is 19.1 Å². The van der Waals surface area contributed by atoms with Crippen LogP contribution in [0.4, 0.5) is 5.69 Å². The summed E-state index contributed by atoms with van der Waals surface area (Å²) in [4.78, 5) is 2.37. The monoisotopic (exact) mass is 244 g/mol. The van der Waals surface area contributed by atoms with Crippen LogP contribution in [0.5, 0.6) is 5.75 Å². The van der Waals surface area contributed by atoms with Gasteiger partial charge in [-0.3, -0.25) is 0 Å². The maximum atomic E-state index is 8.73. The van der Waals surface area contributed by atoms with E-state index in [0.29, 0.717) is 18.9 Å². The zero-order chi connectivity index (χ0) is 12.8. The Balaban J connectivity index is 2.03. The molecule has 0 amide bonds. The molecule has 1 aromatic rings. The maximum Gasteiger partial charge on any atom is 0.142 e. The van der Waals surface area contributed by atoms with Crippen molar-refractivity contribution in [2.45, 2.75) is 26.2 Å². The van der Waals surface area contributed by atoms with Crippen LogP contribution in [0.3, 0.4) is 0 Å². The highest BCUT2D eigenvalue weighted by atomic mass is 16.5. The molecule has 1 heterocycles. The standard InChI is InChI=1S/C15H20N2O/c1-2-18-15-6-4-3-5-14(15)17-11-8-13(7-10-16)9-12-17/h3-6,13H,2,7-9,11-12H2,1H3. The molecule has 0 N–H and O–H groups in total. The van der Waals surface area contributed by atoms with E-state index in [4.69, 9.17) is 10.00 Å². The third-order valence-electron chi connectivity index (χ3n) is 3.50. The molecule has 1 fully saturated rings. The maximum absolute atomic E-state index is 8.73. The molecule has 18 heavy (non-hydrogen) atoms. The Hall–Kier alpha value is -1.69. The molecule has 1 aliphatic heterocycles. The second-order valence-corrected chi connectivity index (χ2v) is 4.69.